The number of aryl methyl sites for hydroxylation is 2. The molecule has 0 aliphatic rings. The molecule has 5 heteroatoms. The molecule has 0 N–H and O–H groups in total. The molecule has 0 spiro atoms. The molecule has 0 amide bonds. The number of carbonyl (C=O) groups excluding carboxylic acids is 1. The summed E-state index contributed by atoms with van der Waals surface area (Å²) >= 11 is 0. The fourth-order valence-electron chi connectivity index (χ4n) is 3.63. The first kappa shape index (κ1) is 21.5. The van der Waals surface area contributed by atoms with E-state index in [1.165, 1.54) is 30.9 Å². The molecule has 0 unspecified atom stereocenters. The Labute approximate surface area is 186 Å². The van der Waals surface area contributed by atoms with Gasteiger partial charge in [-0.05, 0) is 61.2 Å². The third-order valence-electron chi connectivity index (χ3n) is 5.44. The Hall–Kier alpha value is -3.73. The Balaban J connectivity index is 1.45. The molecule has 0 atom stereocenters. The summed E-state index contributed by atoms with van der Waals surface area (Å²) in [6, 6.07) is 17.7. The van der Waals surface area contributed by atoms with Gasteiger partial charge in [-0.25, -0.2) is 9.59 Å². The maximum absolute atomic E-state index is 12.6. The van der Waals surface area contributed by atoms with Gasteiger partial charge in [-0.3, -0.25) is 4.98 Å². The summed E-state index contributed by atoms with van der Waals surface area (Å²) in [5.74, 6) is -0.161. The van der Waals surface area contributed by atoms with Gasteiger partial charge in [-0.2, -0.15) is 0 Å². The van der Waals surface area contributed by atoms with Crippen molar-refractivity contribution in [1.82, 2.24) is 4.98 Å². The van der Waals surface area contributed by atoms with Crippen LogP contribution in [-0.2, 0) is 6.42 Å². The SMILES string of the molecule is CCCCCc1ccc(-c2ccc(C(=O)Oc3ccc4c(C)cc(=O)oc4c3)cc2)nc1. The van der Waals surface area contributed by atoms with Crippen molar-refractivity contribution in [3.8, 4) is 17.0 Å². The summed E-state index contributed by atoms with van der Waals surface area (Å²) < 4.78 is 10.7. The van der Waals surface area contributed by atoms with Gasteiger partial charge in [0, 0.05) is 29.3 Å². The van der Waals surface area contributed by atoms with Crippen LogP contribution in [0.2, 0.25) is 0 Å². The summed E-state index contributed by atoms with van der Waals surface area (Å²) in [5, 5.41) is 0.803. The Morgan fingerprint density at radius 2 is 1.81 bits per heavy atom. The number of esters is 1. The highest BCUT2D eigenvalue weighted by atomic mass is 16.5. The molecule has 4 rings (SSSR count). The molecule has 32 heavy (non-hydrogen) atoms. The Bertz CT molecular complexity index is 1290. The molecule has 0 fully saturated rings. The summed E-state index contributed by atoms with van der Waals surface area (Å²) in [5.41, 5.74) is 4.23. The molecule has 5 nitrogen and oxygen atoms in total. The second kappa shape index (κ2) is 9.60. The Kier molecular flexibility index (Phi) is 6.45. The topological polar surface area (TPSA) is 69.4 Å². The van der Waals surface area contributed by atoms with Crippen molar-refractivity contribution >= 4 is 16.9 Å². The molecule has 0 bridgehead atoms. The van der Waals surface area contributed by atoms with E-state index in [0.717, 1.165) is 28.6 Å². The monoisotopic (exact) mass is 427 g/mol. The summed E-state index contributed by atoms with van der Waals surface area (Å²) in [6.07, 6.45) is 6.58. The van der Waals surface area contributed by atoms with Crippen molar-refractivity contribution in [2.24, 2.45) is 0 Å². The van der Waals surface area contributed by atoms with Crippen LogP contribution in [0.5, 0.6) is 5.75 Å². The van der Waals surface area contributed by atoms with E-state index in [-0.39, 0.29) is 0 Å². The molecule has 0 aliphatic heterocycles. The van der Waals surface area contributed by atoms with Crippen LogP contribution in [0.4, 0.5) is 0 Å². The third kappa shape index (κ3) is 4.94. The van der Waals surface area contributed by atoms with Crippen molar-refractivity contribution in [3.63, 3.8) is 0 Å². The average Bonchev–Trinajstić information content (AvgIpc) is 2.79. The van der Waals surface area contributed by atoms with E-state index in [1.54, 1.807) is 30.3 Å². The van der Waals surface area contributed by atoms with Crippen molar-refractivity contribution < 1.29 is 13.9 Å². The first-order valence-corrected chi connectivity index (χ1v) is 10.9. The maximum atomic E-state index is 12.6. The standard InChI is InChI=1S/C27H25NO4/c1-3-4-5-6-19-7-14-24(28-17-19)20-8-10-21(11-9-20)27(30)31-22-12-13-23-18(2)15-26(29)32-25(23)16-22/h7-17H,3-6H2,1-2H3. The lowest BCUT2D eigenvalue weighted by atomic mass is 10.1. The van der Waals surface area contributed by atoms with E-state index in [0.29, 0.717) is 16.9 Å². The summed E-state index contributed by atoms with van der Waals surface area (Å²) in [7, 11) is 0. The Morgan fingerprint density at radius 3 is 2.53 bits per heavy atom. The predicted molar refractivity (Wildman–Crippen MR) is 125 cm³/mol. The smallest absolute Gasteiger partial charge is 0.343 e. The summed E-state index contributed by atoms with van der Waals surface area (Å²) in [4.78, 5) is 28.7. The molecule has 2 heterocycles. The van der Waals surface area contributed by atoms with Gasteiger partial charge >= 0.3 is 11.6 Å². The molecule has 2 aromatic heterocycles. The minimum atomic E-state index is -0.481. The molecule has 0 saturated heterocycles. The van der Waals surface area contributed by atoms with Gasteiger partial charge in [-0.1, -0.05) is 38.0 Å². The van der Waals surface area contributed by atoms with E-state index in [2.05, 4.69) is 18.0 Å². The second-order valence-corrected chi connectivity index (χ2v) is 7.88. The number of pyridine rings is 1. The molecule has 0 saturated carbocycles. The van der Waals surface area contributed by atoms with Crippen molar-refractivity contribution in [2.75, 3.05) is 0 Å². The molecule has 0 radical (unpaired) electrons. The molecular formula is C27H25NO4. The van der Waals surface area contributed by atoms with Crippen LogP contribution in [0.15, 0.2) is 76.1 Å². The number of rotatable bonds is 7. The van der Waals surface area contributed by atoms with Crippen LogP contribution in [0.1, 0.15) is 47.7 Å². The van der Waals surface area contributed by atoms with E-state index in [4.69, 9.17) is 9.15 Å². The highest BCUT2D eigenvalue weighted by Gasteiger charge is 2.11. The fourth-order valence-corrected chi connectivity index (χ4v) is 3.63. The van der Waals surface area contributed by atoms with Crippen LogP contribution in [0.3, 0.4) is 0 Å². The minimum Gasteiger partial charge on any atom is -0.423 e. The lowest BCUT2D eigenvalue weighted by Crippen LogP contribution is -2.08. The van der Waals surface area contributed by atoms with E-state index in [9.17, 15) is 9.59 Å². The number of carbonyl (C=O) groups is 1. The number of ether oxygens (including phenoxy) is 1. The zero-order valence-corrected chi connectivity index (χ0v) is 18.3. The molecule has 4 aromatic rings. The lowest BCUT2D eigenvalue weighted by Gasteiger charge is -2.07. The number of aromatic nitrogens is 1. The van der Waals surface area contributed by atoms with Crippen LogP contribution < -0.4 is 10.4 Å². The van der Waals surface area contributed by atoms with E-state index >= 15 is 0 Å². The summed E-state index contributed by atoms with van der Waals surface area (Å²) in [6.45, 7) is 4.03. The van der Waals surface area contributed by atoms with E-state index < -0.39 is 11.6 Å². The predicted octanol–water partition coefficient (Wildman–Crippen LogP) is 6.12. The second-order valence-electron chi connectivity index (χ2n) is 7.88. The van der Waals surface area contributed by atoms with Crippen molar-refractivity contribution in [3.05, 3.63) is 94.0 Å². The number of benzene rings is 2. The first-order chi connectivity index (χ1) is 15.5. The molecule has 0 aliphatic carbocycles. The quantitative estimate of drug-likeness (QED) is 0.154. The highest BCUT2D eigenvalue weighted by Crippen LogP contribution is 2.24. The maximum Gasteiger partial charge on any atom is 0.343 e. The number of hydrogen-bond donors (Lipinski definition) is 0. The van der Waals surface area contributed by atoms with Crippen molar-refractivity contribution in [1.29, 1.82) is 0 Å². The van der Waals surface area contributed by atoms with Gasteiger partial charge in [0.15, 0.2) is 0 Å². The number of fused-ring (bicyclic) bond motifs is 1. The number of unbranched alkanes of at least 4 members (excludes halogenated alkanes) is 2. The van der Waals surface area contributed by atoms with Gasteiger partial charge in [0.2, 0.25) is 0 Å². The van der Waals surface area contributed by atoms with Gasteiger partial charge in [-0.15, -0.1) is 0 Å². The highest BCUT2D eigenvalue weighted by molar-refractivity contribution is 5.92. The molecular weight excluding hydrogens is 402 g/mol. The van der Waals surface area contributed by atoms with Crippen LogP contribution in [0.25, 0.3) is 22.2 Å². The van der Waals surface area contributed by atoms with E-state index in [1.807, 2.05) is 31.3 Å². The zero-order valence-electron chi connectivity index (χ0n) is 18.3. The van der Waals surface area contributed by atoms with Gasteiger partial charge in [0.1, 0.15) is 11.3 Å². The first-order valence-electron chi connectivity index (χ1n) is 10.9. The third-order valence-corrected chi connectivity index (χ3v) is 5.44. The van der Waals surface area contributed by atoms with Gasteiger partial charge in [0.25, 0.3) is 0 Å². The normalized spacial score (nSPS) is 10.9. The van der Waals surface area contributed by atoms with Crippen LogP contribution >= 0.6 is 0 Å². The molecule has 162 valence electrons. The van der Waals surface area contributed by atoms with Gasteiger partial charge in [0.05, 0.1) is 11.3 Å². The fraction of sp³-hybridized carbons (Fsp3) is 0.222. The molecule has 2 aromatic carbocycles. The lowest BCUT2D eigenvalue weighted by molar-refractivity contribution is 0.0735. The number of nitrogens with zero attached hydrogens (tertiary/aromatic N) is 1. The van der Waals surface area contributed by atoms with Gasteiger partial charge < -0.3 is 9.15 Å². The zero-order chi connectivity index (χ0) is 22.5. The van der Waals surface area contributed by atoms with Crippen LogP contribution in [0, 0.1) is 6.92 Å². The average molecular weight is 428 g/mol. The Morgan fingerprint density at radius 1 is 1.00 bits per heavy atom. The number of hydrogen-bond acceptors (Lipinski definition) is 5. The largest absolute Gasteiger partial charge is 0.423 e. The van der Waals surface area contributed by atoms with Crippen molar-refractivity contribution in [2.45, 2.75) is 39.5 Å². The van der Waals surface area contributed by atoms with Crippen LogP contribution in [-0.4, -0.2) is 11.0 Å². The minimum absolute atomic E-state index is 0.320.